The summed E-state index contributed by atoms with van der Waals surface area (Å²) in [6.45, 7) is 3.49. The Kier molecular flexibility index (Phi) is 3.79. The number of piperazine rings is 1. The van der Waals surface area contributed by atoms with E-state index in [4.69, 9.17) is 5.73 Å². The van der Waals surface area contributed by atoms with Crippen molar-refractivity contribution in [2.24, 2.45) is 5.73 Å². The molecule has 0 unspecified atom stereocenters. The summed E-state index contributed by atoms with van der Waals surface area (Å²) in [5.41, 5.74) is 5.43. The molecule has 0 bridgehead atoms. The van der Waals surface area contributed by atoms with E-state index < -0.39 is 0 Å². The third-order valence-corrected chi connectivity index (χ3v) is 4.35. The second-order valence-electron chi connectivity index (χ2n) is 4.74. The van der Waals surface area contributed by atoms with Crippen LogP contribution in [0.4, 0.5) is 5.82 Å². The van der Waals surface area contributed by atoms with Crippen molar-refractivity contribution in [3.8, 4) is 0 Å². The van der Waals surface area contributed by atoms with Crippen molar-refractivity contribution in [2.45, 2.75) is 6.42 Å². The van der Waals surface area contributed by atoms with Crippen LogP contribution < -0.4 is 10.6 Å². The molecule has 2 aromatic heterocycles. The average molecular weight is 291 g/mol. The summed E-state index contributed by atoms with van der Waals surface area (Å²) in [6.07, 6.45) is 2.04. The minimum absolute atomic E-state index is 0.149. The Bertz CT molecular complexity index is 606. The molecule has 2 aromatic rings. The molecule has 20 heavy (non-hydrogen) atoms. The maximum absolute atomic E-state index is 11.8. The molecular weight excluding hydrogens is 274 g/mol. The number of rotatable bonds is 3. The van der Waals surface area contributed by atoms with Crippen LogP contribution in [0.3, 0.4) is 0 Å². The zero-order valence-corrected chi connectivity index (χ0v) is 12.0. The lowest BCUT2D eigenvalue weighted by Crippen LogP contribution is -2.49. The van der Waals surface area contributed by atoms with Crippen molar-refractivity contribution in [2.75, 3.05) is 37.6 Å². The number of fused-ring (bicyclic) bond motifs is 1. The molecular formula is C13H17N5OS. The van der Waals surface area contributed by atoms with E-state index in [0.717, 1.165) is 42.2 Å². The molecule has 1 amide bonds. The summed E-state index contributed by atoms with van der Waals surface area (Å²) in [5, 5.41) is 3.13. The normalized spacial score (nSPS) is 15.8. The highest BCUT2D eigenvalue weighted by molar-refractivity contribution is 7.16. The fourth-order valence-corrected chi connectivity index (χ4v) is 3.21. The summed E-state index contributed by atoms with van der Waals surface area (Å²) in [7, 11) is 0. The number of thiophene rings is 1. The number of aromatic nitrogens is 2. The van der Waals surface area contributed by atoms with Gasteiger partial charge < -0.3 is 15.5 Å². The minimum Gasteiger partial charge on any atom is -0.352 e. The van der Waals surface area contributed by atoms with E-state index in [1.807, 2.05) is 10.3 Å². The molecule has 3 rings (SSSR count). The van der Waals surface area contributed by atoms with Crippen molar-refractivity contribution in [3.05, 3.63) is 17.8 Å². The molecule has 0 radical (unpaired) electrons. The maximum Gasteiger partial charge on any atom is 0.223 e. The van der Waals surface area contributed by atoms with Crippen LogP contribution in [0.5, 0.6) is 0 Å². The topological polar surface area (TPSA) is 75.4 Å². The Morgan fingerprint density at radius 1 is 1.30 bits per heavy atom. The summed E-state index contributed by atoms with van der Waals surface area (Å²) in [4.78, 5) is 25.6. The van der Waals surface area contributed by atoms with Gasteiger partial charge in [0.05, 0.1) is 5.39 Å². The molecule has 1 fully saturated rings. The molecule has 3 heterocycles. The molecule has 106 valence electrons. The molecule has 0 aromatic carbocycles. The van der Waals surface area contributed by atoms with E-state index in [1.54, 1.807) is 17.7 Å². The smallest absolute Gasteiger partial charge is 0.223 e. The first-order chi connectivity index (χ1) is 9.79. The molecule has 1 aliphatic rings. The number of nitrogens with zero attached hydrogens (tertiary/aromatic N) is 4. The fourth-order valence-electron chi connectivity index (χ4n) is 2.48. The fraction of sp³-hybridized carbons (Fsp3) is 0.462. The van der Waals surface area contributed by atoms with Gasteiger partial charge in [-0.2, -0.15) is 0 Å². The lowest BCUT2D eigenvalue weighted by Gasteiger charge is -2.35. The number of carbonyl (C=O) groups is 1. The summed E-state index contributed by atoms with van der Waals surface area (Å²) in [6, 6.07) is 2.06. The average Bonchev–Trinajstić information content (AvgIpc) is 2.96. The lowest BCUT2D eigenvalue weighted by molar-refractivity contribution is -0.131. The molecule has 2 N–H and O–H groups in total. The Hall–Kier alpha value is -1.73. The predicted octanol–water partition coefficient (Wildman–Crippen LogP) is 0.689. The van der Waals surface area contributed by atoms with Gasteiger partial charge in [0.1, 0.15) is 17.0 Å². The van der Waals surface area contributed by atoms with Crippen LogP contribution in [0.15, 0.2) is 17.8 Å². The van der Waals surface area contributed by atoms with Crippen molar-refractivity contribution in [3.63, 3.8) is 0 Å². The number of hydrogen-bond acceptors (Lipinski definition) is 6. The highest BCUT2D eigenvalue weighted by atomic mass is 32.1. The molecule has 1 aliphatic heterocycles. The van der Waals surface area contributed by atoms with Gasteiger partial charge in [0.2, 0.25) is 5.91 Å². The standard InChI is InChI=1S/C13H17N5OS/c14-3-1-11(19)17-4-6-18(7-5-17)12-10-2-8-20-13(10)16-9-15-12/h2,8-9H,1,3-7,14H2. The number of anilines is 1. The van der Waals surface area contributed by atoms with Crippen LogP contribution in [-0.2, 0) is 4.79 Å². The van der Waals surface area contributed by atoms with E-state index >= 15 is 0 Å². The van der Waals surface area contributed by atoms with Gasteiger partial charge in [-0.3, -0.25) is 4.79 Å². The van der Waals surface area contributed by atoms with E-state index in [0.29, 0.717) is 13.0 Å². The van der Waals surface area contributed by atoms with Crippen molar-refractivity contribution >= 4 is 33.3 Å². The van der Waals surface area contributed by atoms with Crippen molar-refractivity contribution < 1.29 is 4.79 Å². The maximum atomic E-state index is 11.8. The van der Waals surface area contributed by atoms with Crippen LogP contribution in [0.1, 0.15) is 6.42 Å². The molecule has 1 saturated heterocycles. The summed E-state index contributed by atoms with van der Waals surface area (Å²) >= 11 is 1.62. The number of hydrogen-bond donors (Lipinski definition) is 1. The molecule has 0 saturated carbocycles. The Morgan fingerprint density at radius 2 is 2.10 bits per heavy atom. The first kappa shape index (κ1) is 13.3. The highest BCUT2D eigenvalue weighted by Crippen LogP contribution is 2.27. The van der Waals surface area contributed by atoms with Crippen LogP contribution in [0.2, 0.25) is 0 Å². The van der Waals surface area contributed by atoms with Gasteiger partial charge in [-0.25, -0.2) is 9.97 Å². The molecule has 6 nitrogen and oxygen atoms in total. The van der Waals surface area contributed by atoms with Gasteiger partial charge >= 0.3 is 0 Å². The van der Waals surface area contributed by atoms with Gasteiger partial charge in [-0.1, -0.05) is 0 Å². The monoisotopic (exact) mass is 291 g/mol. The zero-order chi connectivity index (χ0) is 13.9. The van der Waals surface area contributed by atoms with E-state index in [9.17, 15) is 4.79 Å². The lowest BCUT2D eigenvalue weighted by atomic mass is 10.2. The second kappa shape index (κ2) is 5.72. The molecule has 0 atom stereocenters. The first-order valence-corrected chi connectivity index (χ1v) is 7.58. The Balaban J connectivity index is 1.72. The third kappa shape index (κ3) is 2.46. The summed E-state index contributed by atoms with van der Waals surface area (Å²) in [5.74, 6) is 1.12. The van der Waals surface area contributed by atoms with Gasteiger partial charge in [-0.05, 0) is 11.4 Å². The van der Waals surface area contributed by atoms with E-state index in [-0.39, 0.29) is 5.91 Å². The molecule has 0 aliphatic carbocycles. The third-order valence-electron chi connectivity index (χ3n) is 3.53. The minimum atomic E-state index is 0.149. The van der Waals surface area contributed by atoms with Gasteiger partial charge in [0.15, 0.2) is 0 Å². The van der Waals surface area contributed by atoms with Crippen LogP contribution >= 0.6 is 11.3 Å². The van der Waals surface area contributed by atoms with E-state index in [2.05, 4.69) is 20.9 Å². The van der Waals surface area contributed by atoms with Crippen LogP contribution in [0, 0.1) is 0 Å². The zero-order valence-electron chi connectivity index (χ0n) is 11.2. The van der Waals surface area contributed by atoms with Gasteiger partial charge in [0.25, 0.3) is 0 Å². The van der Waals surface area contributed by atoms with Crippen LogP contribution in [-0.4, -0.2) is 53.5 Å². The number of amides is 1. The highest BCUT2D eigenvalue weighted by Gasteiger charge is 2.22. The number of nitrogens with two attached hydrogens (primary N) is 1. The SMILES string of the molecule is NCCC(=O)N1CCN(c2ncnc3sccc23)CC1. The molecule has 7 heteroatoms. The second-order valence-corrected chi connectivity index (χ2v) is 5.64. The van der Waals surface area contributed by atoms with Gasteiger partial charge in [0, 0.05) is 39.1 Å². The van der Waals surface area contributed by atoms with Crippen molar-refractivity contribution in [1.29, 1.82) is 0 Å². The Morgan fingerprint density at radius 3 is 2.85 bits per heavy atom. The van der Waals surface area contributed by atoms with Crippen molar-refractivity contribution in [1.82, 2.24) is 14.9 Å². The summed E-state index contributed by atoms with van der Waals surface area (Å²) < 4.78 is 0. The largest absolute Gasteiger partial charge is 0.352 e. The van der Waals surface area contributed by atoms with Gasteiger partial charge in [-0.15, -0.1) is 11.3 Å². The Labute approximate surface area is 121 Å². The van der Waals surface area contributed by atoms with E-state index in [1.165, 1.54) is 0 Å². The first-order valence-electron chi connectivity index (χ1n) is 6.70. The van der Waals surface area contributed by atoms with Crippen LogP contribution in [0.25, 0.3) is 10.2 Å². The predicted molar refractivity (Wildman–Crippen MR) is 79.9 cm³/mol. The quantitative estimate of drug-likeness (QED) is 0.900. The number of carbonyl (C=O) groups excluding carboxylic acids is 1. The molecule has 0 spiro atoms.